The predicted molar refractivity (Wildman–Crippen MR) is 163 cm³/mol. The monoisotopic (exact) mass is 602 g/mol. The fraction of sp³-hybridized carbons (Fsp3) is 0.448. The summed E-state index contributed by atoms with van der Waals surface area (Å²) in [5.41, 5.74) is 1.95. The van der Waals surface area contributed by atoms with E-state index in [9.17, 15) is 14.4 Å². The number of nitrogens with one attached hydrogen (secondary N) is 1. The number of esters is 1. The van der Waals surface area contributed by atoms with Crippen LogP contribution in [0.3, 0.4) is 0 Å². The van der Waals surface area contributed by atoms with Gasteiger partial charge in [0.1, 0.15) is 9.32 Å². The molecule has 1 saturated carbocycles. The zero-order valence-electron chi connectivity index (χ0n) is 23.2. The number of thiophene rings is 1. The highest BCUT2D eigenvalue weighted by molar-refractivity contribution is 8.26. The van der Waals surface area contributed by atoms with Crippen LogP contribution in [0.1, 0.15) is 71.8 Å². The summed E-state index contributed by atoms with van der Waals surface area (Å²) in [6.45, 7) is 5.82. The van der Waals surface area contributed by atoms with Crippen LogP contribution >= 0.6 is 35.3 Å². The normalized spacial score (nSPS) is 16.9. The fourth-order valence-corrected chi connectivity index (χ4v) is 7.02. The lowest BCUT2D eigenvalue weighted by atomic mass is 9.98. The molecular formula is C29H34N2O6S3. The van der Waals surface area contributed by atoms with E-state index in [-0.39, 0.29) is 37.5 Å². The van der Waals surface area contributed by atoms with Gasteiger partial charge >= 0.3 is 5.97 Å². The van der Waals surface area contributed by atoms with Gasteiger partial charge in [0.25, 0.3) is 5.91 Å². The van der Waals surface area contributed by atoms with Crippen molar-refractivity contribution in [2.75, 3.05) is 25.6 Å². The second-order valence-corrected chi connectivity index (χ2v) is 12.5. The quantitative estimate of drug-likeness (QED) is 0.187. The van der Waals surface area contributed by atoms with Gasteiger partial charge < -0.3 is 19.5 Å². The van der Waals surface area contributed by atoms with Crippen LogP contribution < -0.4 is 14.8 Å². The molecule has 214 valence electrons. The lowest BCUT2D eigenvalue weighted by Gasteiger charge is -2.24. The molecule has 40 heavy (non-hydrogen) atoms. The highest BCUT2D eigenvalue weighted by Crippen LogP contribution is 2.37. The summed E-state index contributed by atoms with van der Waals surface area (Å²) >= 11 is 7.98. The van der Waals surface area contributed by atoms with Crippen LogP contribution in [-0.2, 0) is 14.3 Å². The third-order valence-electron chi connectivity index (χ3n) is 6.89. The molecule has 2 heterocycles. The smallest absolute Gasteiger partial charge is 0.341 e. The van der Waals surface area contributed by atoms with Crippen molar-refractivity contribution in [3.8, 4) is 11.5 Å². The number of nitrogens with zero attached hydrogens (tertiary/aromatic N) is 1. The molecule has 0 unspecified atom stereocenters. The standard InChI is InChI=1S/C29H34N2O6S3/c1-5-36-28(34)25-17(2)18(3)39-26(25)30-24(32)13-14-31-27(33)23(40-29(31)38)16-19-11-12-21(22(15-19)35-4)37-20-9-7-6-8-10-20/h11-12,15-16,20H,5-10,13-14H2,1-4H3,(H,30,32)/b23-16-. The Morgan fingerprint density at radius 1 is 1.18 bits per heavy atom. The number of thiocarbonyl (C=S) groups is 1. The van der Waals surface area contributed by atoms with E-state index < -0.39 is 5.97 Å². The number of methoxy groups -OCH3 is 1. The molecule has 1 saturated heterocycles. The second kappa shape index (κ2) is 13.6. The maximum Gasteiger partial charge on any atom is 0.341 e. The molecular weight excluding hydrogens is 569 g/mol. The molecule has 11 heteroatoms. The van der Waals surface area contributed by atoms with Crippen molar-refractivity contribution in [3.63, 3.8) is 0 Å². The Labute approximate surface area is 248 Å². The molecule has 0 radical (unpaired) electrons. The molecule has 2 fully saturated rings. The van der Waals surface area contributed by atoms with Gasteiger partial charge in [0.2, 0.25) is 5.91 Å². The first-order chi connectivity index (χ1) is 19.2. The third kappa shape index (κ3) is 7.05. The van der Waals surface area contributed by atoms with E-state index >= 15 is 0 Å². The SMILES string of the molecule is CCOC(=O)c1c(NC(=O)CCN2C(=O)/C(=C/c3ccc(OC4CCCCC4)c(OC)c3)SC2=S)sc(C)c1C. The van der Waals surface area contributed by atoms with Crippen LogP contribution in [0.5, 0.6) is 11.5 Å². The molecule has 0 spiro atoms. The molecule has 1 aliphatic heterocycles. The number of carbonyl (C=O) groups is 3. The molecule has 1 aromatic carbocycles. The maximum atomic E-state index is 13.1. The molecule has 8 nitrogen and oxygen atoms in total. The summed E-state index contributed by atoms with van der Waals surface area (Å²) in [5, 5.41) is 3.27. The minimum absolute atomic E-state index is 0.0268. The van der Waals surface area contributed by atoms with Gasteiger partial charge in [0.05, 0.1) is 30.3 Å². The number of anilines is 1. The van der Waals surface area contributed by atoms with Crippen LogP contribution in [-0.4, -0.2) is 53.4 Å². The highest BCUT2D eigenvalue weighted by Gasteiger charge is 2.32. The summed E-state index contributed by atoms with van der Waals surface area (Å²) < 4.78 is 17.3. The van der Waals surface area contributed by atoms with Crippen LogP contribution in [0.4, 0.5) is 5.00 Å². The number of amides is 2. The lowest BCUT2D eigenvalue weighted by Crippen LogP contribution is -2.31. The van der Waals surface area contributed by atoms with Crippen molar-refractivity contribution < 1.29 is 28.6 Å². The molecule has 4 rings (SSSR count). The highest BCUT2D eigenvalue weighted by atomic mass is 32.2. The summed E-state index contributed by atoms with van der Waals surface area (Å²) in [5.74, 6) is 0.287. The number of hydrogen-bond acceptors (Lipinski definition) is 9. The number of rotatable bonds is 10. The van der Waals surface area contributed by atoms with E-state index in [0.29, 0.717) is 31.3 Å². The Kier molecular flexibility index (Phi) is 10.3. The van der Waals surface area contributed by atoms with Crippen molar-refractivity contribution in [2.24, 2.45) is 0 Å². The van der Waals surface area contributed by atoms with E-state index in [4.69, 9.17) is 26.4 Å². The molecule has 0 atom stereocenters. The summed E-state index contributed by atoms with van der Waals surface area (Å²) in [4.78, 5) is 41.1. The van der Waals surface area contributed by atoms with E-state index in [0.717, 1.165) is 28.8 Å². The van der Waals surface area contributed by atoms with Crippen LogP contribution in [0.2, 0.25) is 0 Å². The number of ether oxygens (including phenoxy) is 3. The molecule has 1 aromatic heterocycles. The van der Waals surface area contributed by atoms with Crippen molar-refractivity contribution >= 4 is 68.5 Å². The first-order valence-corrected chi connectivity index (χ1v) is 15.4. The first-order valence-electron chi connectivity index (χ1n) is 13.4. The topological polar surface area (TPSA) is 94.2 Å². The zero-order valence-corrected chi connectivity index (χ0v) is 25.6. The molecule has 1 aliphatic carbocycles. The van der Waals surface area contributed by atoms with Crippen LogP contribution in [0.15, 0.2) is 23.1 Å². The lowest BCUT2D eigenvalue weighted by molar-refractivity contribution is -0.122. The van der Waals surface area contributed by atoms with Crippen molar-refractivity contribution in [1.82, 2.24) is 4.90 Å². The fourth-order valence-electron chi connectivity index (χ4n) is 4.64. The largest absolute Gasteiger partial charge is 0.493 e. The van der Waals surface area contributed by atoms with E-state index in [1.165, 1.54) is 47.3 Å². The first kappa shape index (κ1) is 30.1. The second-order valence-electron chi connectivity index (χ2n) is 9.63. The Bertz CT molecular complexity index is 1330. The van der Waals surface area contributed by atoms with E-state index in [2.05, 4.69) is 5.32 Å². The average Bonchev–Trinajstić information content (AvgIpc) is 3.36. The number of thioether (sulfide) groups is 1. The maximum absolute atomic E-state index is 13.1. The minimum Gasteiger partial charge on any atom is -0.493 e. The van der Waals surface area contributed by atoms with Crippen molar-refractivity contribution in [1.29, 1.82) is 0 Å². The Morgan fingerprint density at radius 2 is 1.93 bits per heavy atom. The van der Waals surface area contributed by atoms with Crippen molar-refractivity contribution in [2.45, 2.75) is 65.4 Å². The molecule has 2 amide bonds. The molecule has 1 N–H and O–H groups in total. The zero-order chi connectivity index (χ0) is 28.8. The number of hydrogen-bond donors (Lipinski definition) is 1. The van der Waals surface area contributed by atoms with Gasteiger partial charge in [-0.15, -0.1) is 11.3 Å². The summed E-state index contributed by atoms with van der Waals surface area (Å²) in [6.07, 6.45) is 7.70. The van der Waals surface area contributed by atoms with Gasteiger partial charge in [0.15, 0.2) is 11.5 Å². The minimum atomic E-state index is -0.466. The van der Waals surface area contributed by atoms with Gasteiger partial charge in [-0.05, 0) is 75.8 Å². The number of carbonyl (C=O) groups excluding carboxylic acids is 3. The number of aryl methyl sites for hydroxylation is 1. The summed E-state index contributed by atoms with van der Waals surface area (Å²) in [6, 6.07) is 5.63. The Balaban J connectivity index is 1.39. The van der Waals surface area contributed by atoms with Gasteiger partial charge in [0, 0.05) is 17.8 Å². The molecule has 2 aromatic rings. The van der Waals surface area contributed by atoms with E-state index in [1.54, 1.807) is 20.1 Å². The predicted octanol–water partition coefficient (Wildman–Crippen LogP) is 6.49. The Hall–Kier alpha value is -2.89. The van der Waals surface area contributed by atoms with Crippen LogP contribution in [0, 0.1) is 13.8 Å². The van der Waals surface area contributed by atoms with Crippen LogP contribution in [0.25, 0.3) is 6.08 Å². The molecule has 0 bridgehead atoms. The average molecular weight is 603 g/mol. The van der Waals surface area contributed by atoms with Gasteiger partial charge in [-0.2, -0.15) is 0 Å². The van der Waals surface area contributed by atoms with Crippen molar-refractivity contribution in [3.05, 3.63) is 44.7 Å². The van der Waals surface area contributed by atoms with E-state index in [1.807, 2.05) is 32.0 Å². The third-order valence-corrected chi connectivity index (χ3v) is 9.39. The Morgan fingerprint density at radius 3 is 2.62 bits per heavy atom. The number of benzene rings is 1. The van der Waals surface area contributed by atoms with Gasteiger partial charge in [-0.1, -0.05) is 36.5 Å². The van der Waals surface area contributed by atoms with Gasteiger partial charge in [-0.3, -0.25) is 14.5 Å². The molecule has 2 aliphatic rings. The summed E-state index contributed by atoms with van der Waals surface area (Å²) in [7, 11) is 1.60. The van der Waals surface area contributed by atoms with Gasteiger partial charge in [-0.25, -0.2) is 4.79 Å².